The maximum atomic E-state index is 12.2. The number of aromatic hydroxyl groups is 1. The molecule has 2 saturated heterocycles. The van der Waals surface area contributed by atoms with E-state index in [1.807, 2.05) is 29.2 Å². The predicted octanol–water partition coefficient (Wildman–Crippen LogP) is 3.22. The maximum Gasteiger partial charge on any atom is 0.318 e. The van der Waals surface area contributed by atoms with Crippen molar-refractivity contribution in [1.29, 1.82) is 0 Å². The number of hydrogen-bond donors (Lipinski definition) is 1. The normalized spacial score (nSPS) is 18.5. The Morgan fingerprint density at radius 2 is 1.86 bits per heavy atom. The van der Waals surface area contributed by atoms with Crippen molar-refractivity contribution >= 4 is 28.2 Å². The van der Waals surface area contributed by atoms with Gasteiger partial charge in [-0.2, -0.15) is 9.97 Å². The highest BCUT2D eigenvalue weighted by Gasteiger charge is 2.29. The van der Waals surface area contributed by atoms with Gasteiger partial charge in [-0.25, -0.2) is 0 Å². The lowest BCUT2D eigenvalue weighted by atomic mass is 10.0. The highest BCUT2D eigenvalue weighted by atomic mass is 16.5. The van der Waals surface area contributed by atoms with Gasteiger partial charge in [-0.3, -0.25) is 9.69 Å². The molecule has 3 aromatic rings. The van der Waals surface area contributed by atoms with Crippen molar-refractivity contribution in [2.45, 2.75) is 32.4 Å². The van der Waals surface area contributed by atoms with E-state index in [2.05, 4.69) is 34.3 Å². The molecular weight excluding hydrogens is 532 g/mol. The number of phenols is 1. The zero-order valence-electron chi connectivity index (χ0n) is 24.4. The van der Waals surface area contributed by atoms with E-state index < -0.39 is 0 Å². The van der Waals surface area contributed by atoms with Crippen LogP contribution < -0.4 is 14.5 Å². The lowest BCUT2D eigenvalue weighted by molar-refractivity contribution is -0.126. The maximum absolute atomic E-state index is 12.2. The van der Waals surface area contributed by atoms with Crippen molar-refractivity contribution in [1.82, 2.24) is 19.8 Å². The number of morpholine rings is 1. The average Bonchev–Trinajstić information content (AvgIpc) is 3.03. The third-order valence-corrected chi connectivity index (χ3v) is 8.52. The number of anilines is 2. The van der Waals surface area contributed by atoms with Gasteiger partial charge in [0.1, 0.15) is 17.7 Å². The molecule has 222 valence electrons. The zero-order valence-corrected chi connectivity index (χ0v) is 24.4. The summed E-state index contributed by atoms with van der Waals surface area (Å²) in [5.74, 6) is 1.12. The van der Waals surface area contributed by atoms with Crippen LogP contribution in [-0.4, -0.2) is 102 Å². The van der Waals surface area contributed by atoms with E-state index in [1.165, 1.54) is 6.08 Å². The molecule has 0 aliphatic carbocycles. The third kappa shape index (κ3) is 6.15. The predicted molar refractivity (Wildman–Crippen MR) is 163 cm³/mol. The third-order valence-electron chi connectivity index (χ3n) is 8.52. The van der Waals surface area contributed by atoms with E-state index in [4.69, 9.17) is 19.4 Å². The SMILES string of the molecule is C=CC(=O)N1CCN(c2nc(OC(C)CCN3CCOCC3)nc3c2CCN(c2cc(O)cc4ccccc24)C3)CC1. The van der Waals surface area contributed by atoms with E-state index in [9.17, 15) is 9.90 Å². The van der Waals surface area contributed by atoms with Crippen LogP contribution in [0.2, 0.25) is 0 Å². The second-order valence-electron chi connectivity index (χ2n) is 11.3. The van der Waals surface area contributed by atoms with Gasteiger partial charge >= 0.3 is 6.01 Å². The Labute approximate surface area is 247 Å². The second kappa shape index (κ2) is 12.5. The number of phenolic OH excluding ortho intramolecular Hbond substituents is 1. The molecule has 2 aromatic carbocycles. The van der Waals surface area contributed by atoms with Gasteiger partial charge in [-0.1, -0.05) is 30.8 Å². The van der Waals surface area contributed by atoms with Crippen molar-refractivity contribution in [3.05, 3.63) is 60.3 Å². The standard InChI is InChI=1S/C32H40N6O4/c1-3-30(40)36-12-14-37(15-13-36)31-27-9-11-38(29-21-25(39)20-24-6-4-5-7-26(24)29)22-28(27)33-32(34-31)42-23(2)8-10-35-16-18-41-19-17-35/h3-7,20-21,23,39H,1,8-19,22H2,2H3. The van der Waals surface area contributed by atoms with Crippen LogP contribution in [0.15, 0.2) is 49.1 Å². The Morgan fingerprint density at radius 3 is 2.64 bits per heavy atom. The summed E-state index contributed by atoms with van der Waals surface area (Å²) in [6.07, 6.45) is 2.98. The fourth-order valence-electron chi connectivity index (χ4n) is 6.14. The molecule has 3 aliphatic rings. The Morgan fingerprint density at radius 1 is 1.07 bits per heavy atom. The van der Waals surface area contributed by atoms with Gasteiger partial charge in [-0.05, 0) is 37.3 Å². The molecule has 3 aliphatic heterocycles. The molecule has 1 unspecified atom stereocenters. The summed E-state index contributed by atoms with van der Waals surface area (Å²) in [6, 6.07) is 12.2. The molecule has 1 atom stereocenters. The number of benzene rings is 2. The van der Waals surface area contributed by atoms with Crippen LogP contribution >= 0.6 is 0 Å². The molecule has 6 rings (SSSR count). The molecule has 1 N–H and O–H groups in total. The minimum Gasteiger partial charge on any atom is -0.508 e. The quantitative estimate of drug-likeness (QED) is 0.409. The van der Waals surface area contributed by atoms with Gasteiger partial charge in [-0.15, -0.1) is 0 Å². The van der Waals surface area contributed by atoms with E-state index in [1.54, 1.807) is 6.07 Å². The molecule has 1 amide bonds. The Balaban J connectivity index is 1.26. The number of nitrogens with zero attached hydrogens (tertiary/aromatic N) is 6. The summed E-state index contributed by atoms with van der Waals surface area (Å²) in [6.45, 7) is 14.1. The van der Waals surface area contributed by atoms with Crippen molar-refractivity contribution < 1.29 is 19.4 Å². The fourth-order valence-corrected chi connectivity index (χ4v) is 6.14. The lowest BCUT2D eigenvalue weighted by Gasteiger charge is -2.38. The number of fused-ring (bicyclic) bond motifs is 2. The molecular formula is C32H40N6O4. The highest BCUT2D eigenvalue weighted by Crippen LogP contribution is 2.36. The van der Waals surface area contributed by atoms with E-state index in [-0.39, 0.29) is 17.8 Å². The second-order valence-corrected chi connectivity index (χ2v) is 11.3. The molecule has 1 aromatic heterocycles. The van der Waals surface area contributed by atoms with Crippen LogP contribution in [0, 0.1) is 0 Å². The smallest absolute Gasteiger partial charge is 0.318 e. The molecule has 2 fully saturated rings. The number of piperazine rings is 1. The highest BCUT2D eigenvalue weighted by molar-refractivity contribution is 5.95. The summed E-state index contributed by atoms with van der Waals surface area (Å²) in [4.78, 5) is 30.9. The lowest BCUT2D eigenvalue weighted by Crippen LogP contribution is -2.49. The Bertz CT molecular complexity index is 1430. The van der Waals surface area contributed by atoms with Crippen LogP contribution in [-0.2, 0) is 22.5 Å². The van der Waals surface area contributed by atoms with Gasteiger partial charge in [0.15, 0.2) is 0 Å². The largest absolute Gasteiger partial charge is 0.508 e. The number of aromatic nitrogens is 2. The number of amides is 1. The zero-order chi connectivity index (χ0) is 29.1. The number of carbonyl (C=O) groups is 1. The van der Waals surface area contributed by atoms with Gasteiger partial charge in [0.2, 0.25) is 5.91 Å². The number of hydrogen-bond acceptors (Lipinski definition) is 9. The van der Waals surface area contributed by atoms with Crippen LogP contribution in [0.3, 0.4) is 0 Å². The van der Waals surface area contributed by atoms with Crippen LogP contribution in [0.5, 0.6) is 11.8 Å². The van der Waals surface area contributed by atoms with Gasteiger partial charge < -0.3 is 29.3 Å². The minimum atomic E-state index is -0.0458. The number of ether oxygens (including phenoxy) is 2. The first-order chi connectivity index (χ1) is 20.5. The van der Waals surface area contributed by atoms with Crippen molar-refractivity contribution in [2.75, 3.05) is 75.4 Å². The first-order valence-electron chi connectivity index (χ1n) is 15.0. The van der Waals surface area contributed by atoms with Crippen molar-refractivity contribution in [3.63, 3.8) is 0 Å². The first kappa shape index (κ1) is 28.2. The summed E-state index contributed by atoms with van der Waals surface area (Å²) >= 11 is 0. The van der Waals surface area contributed by atoms with E-state index >= 15 is 0 Å². The molecule has 10 heteroatoms. The fraction of sp³-hybridized carbons (Fsp3) is 0.469. The molecule has 10 nitrogen and oxygen atoms in total. The van der Waals surface area contributed by atoms with Crippen molar-refractivity contribution in [3.8, 4) is 11.8 Å². The first-order valence-corrected chi connectivity index (χ1v) is 15.0. The van der Waals surface area contributed by atoms with Crippen LogP contribution in [0.4, 0.5) is 11.5 Å². The molecule has 0 saturated carbocycles. The van der Waals surface area contributed by atoms with Crippen molar-refractivity contribution in [2.24, 2.45) is 0 Å². The summed E-state index contributed by atoms with van der Waals surface area (Å²) in [7, 11) is 0. The topological polar surface area (TPSA) is 94.5 Å². The molecule has 42 heavy (non-hydrogen) atoms. The Hall–Kier alpha value is -3.89. The van der Waals surface area contributed by atoms with Crippen LogP contribution in [0.1, 0.15) is 24.6 Å². The van der Waals surface area contributed by atoms with E-state index in [0.717, 1.165) is 85.8 Å². The van der Waals surface area contributed by atoms with Gasteiger partial charge in [0.25, 0.3) is 0 Å². The van der Waals surface area contributed by atoms with Crippen LogP contribution in [0.25, 0.3) is 10.8 Å². The summed E-state index contributed by atoms with van der Waals surface area (Å²) < 4.78 is 11.8. The summed E-state index contributed by atoms with van der Waals surface area (Å²) in [5.41, 5.74) is 3.07. The van der Waals surface area contributed by atoms with E-state index in [0.29, 0.717) is 38.7 Å². The van der Waals surface area contributed by atoms with Gasteiger partial charge in [0, 0.05) is 75.1 Å². The molecule has 4 heterocycles. The van der Waals surface area contributed by atoms with Gasteiger partial charge in [0.05, 0.1) is 25.5 Å². The minimum absolute atomic E-state index is 0.0357. The number of rotatable bonds is 8. The summed E-state index contributed by atoms with van der Waals surface area (Å²) in [5, 5.41) is 12.6. The molecule has 0 bridgehead atoms. The monoisotopic (exact) mass is 572 g/mol. The molecule has 0 spiro atoms. The molecule has 0 radical (unpaired) electrons. The average molecular weight is 573 g/mol. The Kier molecular flexibility index (Phi) is 8.43. The number of carbonyl (C=O) groups excluding carboxylic acids is 1.